The molecule has 0 aliphatic carbocycles. The number of rotatable bonds is 5. The van der Waals surface area contributed by atoms with Gasteiger partial charge in [-0.15, -0.1) is 0 Å². The van der Waals surface area contributed by atoms with Crippen molar-refractivity contribution >= 4 is 0 Å². The van der Waals surface area contributed by atoms with E-state index in [0.29, 0.717) is 0 Å². The number of piperazine rings is 1. The van der Waals surface area contributed by atoms with Crippen LogP contribution in [0, 0.1) is 0 Å². The molecule has 0 saturated carbocycles. The topological polar surface area (TPSA) is 21.8 Å². The first-order valence-corrected chi connectivity index (χ1v) is 7.57. The van der Waals surface area contributed by atoms with Gasteiger partial charge in [0.05, 0.1) is 0 Å². The van der Waals surface area contributed by atoms with Crippen molar-refractivity contribution in [2.45, 2.75) is 25.3 Å². The highest BCUT2D eigenvalue weighted by atomic mass is 15.2. The van der Waals surface area contributed by atoms with Gasteiger partial charge in [0.1, 0.15) is 0 Å². The second-order valence-corrected chi connectivity index (χ2v) is 6.05. The molecule has 18 heavy (non-hydrogen) atoms. The van der Waals surface area contributed by atoms with Gasteiger partial charge in [-0.2, -0.15) is 0 Å². The van der Waals surface area contributed by atoms with E-state index in [4.69, 9.17) is 0 Å². The molecule has 1 unspecified atom stereocenters. The largest absolute Gasteiger partial charge is 0.313 e. The Morgan fingerprint density at radius 3 is 2.50 bits per heavy atom. The average Bonchev–Trinajstić information content (AvgIpc) is 2.37. The van der Waals surface area contributed by atoms with Crippen molar-refractivity contribution < 1.29 is 0 Å². The van der Waals surface area contributed by atoms with Crippen molar-refractivity contribution in [1.29, 1.82) is 0 Å². The predicted octanol–water partition coefficient (Wildman–Crippen LogP) is 0.308. The molecule has 0 radical (unpaired) electrons. The van der Waals surface area contributed by atoms with Crippen LogP contribution in [0.15, 0.2) is 0 Å². The fourth-order valence-corrected chi connectivity index (χ4v) is 3.01. The number of likely N-dealkylation sites (tertiary alicyclic amines) is 1. The van der Waals surface area contributed by atoms with Gasteiger partial charge >= 0.3 is 0 Å². The number of likely N-dealkylation sites (N-methyl/N-ethyl adjacent to an activating group) is 2. The van der Waals surface area contributed by atoms with Gasteiger partial charge in [-0.25, -0.2) is 0 Å². The fourth-order valence-electron chi connectivity index (χ4n) is 3.01. The van der Waals surface area contributed by atoms with Gasteiger partial charge in [0, 0.05) is 38.8 Å². The molecule has 2 aliphatic rings. The van der Waals surface area contributed by atoms with Gasteiger partial charge in [-0.05, 0) is 53.0 Å². The van der Waals surface area contributed by atoms with E-state index in [2.05, 4.69) is 34.1 Å². The van der Waals surface area contributed by atoms with Crippen LogP contribution in [0.25, 0.3) is 0 Å². The summed E-state index contributed by atoms with van der Waals surface area (Å²) in [5.74, 6) is 0. The van der Waals surface area contributed by atoms with Gasteiger partial charge < -0.3 is 20.0 Å². The maximum absolute atomic E-state index is 3.72. The summed E-state index contributed by atoms with van der Waals surface area (Å²) in [6.45, 7) is 9.94. The summed E-state index contributed by atoms with van der Waals surface area (Å²) in [5.41, 5.74) is 0. The number of piperidine rings is 1. The lowest BCUT2D eigenvalue weighted by Gasteiger charge is -2.33. The molecular weight excluding hydrogens is 224 g/mol. The van der Waals surface area contributed by atoms with E-state index in [1.54, 1.807) is 0 Å². The second kappa shape index (κ2) is 7.43. The maximum atomic E-state index is 3.72. The van der Waals surface area contributed by atoms with Gasteiger partial charge in [-0.3, -0.25) is 0 Å². The van der Waals surface area contributed by atoms with Crippen molar-refractivity contribution in [2.75, 3.05) is 66.5 Å². The molecule has 4 nitrogen and oxygen atoms in total. The molecule has 2 saturated heterocycles. The van der Waals surface area contributed by atoms with Crippen LogP contribution in [0.3, 0.4) is 0 Å². The van der Waals surface area contributed by atoms with E-state index in [1.165, 1.54) is 71.6 Å². The minimum Gasteiger partial charge on any atom is -0.313 e. The lowest BCUT2D eigenvalue weighted by Crippen LogP contribution is -2.46. The van der Waals surface area contributed by atoms with Crippen LogP contribution in [-0.4, -0.2) is 87.2 Å². The number of nitrogens with zero attached hydrogens (tertiary/aromatic N) is 3. The Morgan fingerprint density at radius 2 is 1.78 bits per heavy atom. The monoisotopic (exact) mass is 254 g/mol. The molecule has 0 bridgehead atoms. The van der Waals surface area contributed by atoms with Gasteiger partial charge in [0.25, 0.3) is 0 Å². The molecule has 0 aromatic carbocycles. The fraction of sp³-hybridized carbons (Fsp3) is 1.00. The molecule has 0 spiro atoms. The Hall–Kier alpha value is -0.160. The van der Waals surface area contributed by atoms with Crippen molar-refractivity contribution in [3.05, 3.63) is 0 Å². The summed E-state index contributed by atoms with van der Waals surface area (Å²) in [5, 5.41) is 3.72. The minimum absolute atomic E-state index is 0.733. The lowest BCUT2D eigenvalue weighted by molar-refractivity contribution is 0.151. The van der Waals surface area contributed by atoms with Crippen LogP contribution in [0.1, 0.15) is 19.3 Å². The van der Waals surface area contributed by atoms with Crippen LogP contribution in [0.4, 0.5) is 0 Å². The van der Waals surface area contributed by atoms with E-state index in [0.717, 1.165) is 6.04 Å². The Labute approximate surface area is 112 Å². The molecule has 2 heterocycles. The molecule has 0 amide bonds. The maximum Gasteiger partial charge on any atom is 0.0195 e. The van der Waals surface area contributed by atoms with E-state index in [9.17, 15) is 0 Å². The quantitative estimate of drug-likeness (QED) is 0.713. The predicted molar refractivity (Wildman–Crippen MR) is 77.1 cm³/mol. The normalized spacial score (nSPS) is 28.7. The Kier molecular flexibility index (Phi) is 5.89. The third kappa shape index (κ3) is 4.84. The van der Waals surface area contributed by atoms with Crippen molar-refractivity contribution in [3.8, 4) is 0 Å². The van der Waals surface area contributed by atoms with E-state index in [-0.39, 0.29) is 0 Å². The van der Waals surface area contributed by atoms with Crippen LogP contribution in [0.2, 0.25) is 0 Å². The summed E-state index contributed by atoms with van der Waals surface area (Å²) in [6, 6.07) is 0.733. The first kappa shape index (κ1) is 14.3. The molecule has 1 N–H and O–H groups in total. The standard InChI is InChI=1S/C14H30N4/c1-16-9-11-18(12-10-16)8-4-6-15-14-5-3-7-17(2)13-14/h14-15H,3-13H2,1-2H3. The van der Waals surface area contributed by atoms with Crippen molar-refractivity contribution in [3.63, 3.8) is 0 Å². The van der Waals surface area contributed by atoms with Crippen LogP contribution in [0.5, 0.6) is 0 Å². The zero-order valence-electron chi connectivity index (χ0n) is 12.2. The van der Waals surface area contributed by atoms with Crippen molar-refractivity contribution in [2.24, 2.45) is 0 Å². The molecule has 0 aromatic rings. The Morgan fingerprint density at radius 1 is 1.00 bits per heavy atom. The molecule has 2 aliphatic heterocycles. The summed E-state index contributed by atoms with van der Waals surface area (Å²) < 4.78 is 0. The molecule has 4 heteroatoms. The second-order valence-electron chi connectivity index (χ2n) is 6.05. The molecule has 106 valence electrons. The molecule has 0 aromatic heterocycles. The Bertz CT molecular complexity index is 226. The Balaban J connectivity index is 1.50. The van der Waals surface area contributed by atoms with Crippen LogP contribution < -0.4 is 5.32 Å². The number of hydrogen-bond acceptors (Lipinski definition) is 4. The number of nitrogens with one attached hydrogen (secondary N) is 1. The average molecular weight is 254 g/mol. The van der Waals surface area contributed by atoms with Gasteiger partial charge in [-0.1, -0.05) is 0 Å². The molecule has 2 rings (SSSR count). The summed E-state index contributed by atoms with van der Waals surface area (Å²) in [6.07, 6.45) is 4.01. The molecular formula is C14H30N4. The molecule has 1 atom stereocenters. The van der Waals surface area contributed by atoms with Crippen LogP contribution >= 0.6 is 0 Å². The van der Waals surface area contributed by atoms with E-state index in [1.807, 2.05) is 0 Å². The zero-order valence-corrected chi connectivity index (χ0v) is 12.2. The summed E-state index contributed by atoms with van der Waals surface area (Å²) >= 11 is 0. The van der Waals surface area contributed by atoms with E-state index < -0.39 is 0 Å². The summed E-state index contributed by atoms with van der Waals surface area (Å²) in [4.78, 5) is 7.48. The minimum atomic E-state index is 0.733. The van der Waals surface area contributed by atoms with Gasteiger partial charge in [0.2, 0.25) is 0 Å². The SMILES string of the molecule is CN1CCN(CCCNC2CCCN(C)C2)CC1. The first-order valence-electron chi connectivity index (χ1n) is 7.57. The third-order valence-corrected chi connectivity index (χ3v) is 4.30. The highest BCUT2D eigenvalue weighted by Gasteiger charge is 2.16. The lowest BCUT2D eigenvalue weighted by atomic mass is 10.1. The van der Waals surface area contributed by atoms with Crippen molar-refractivity contribution in [1.82, 2.24) is 20.0 Å². The smallest absolute Gasteiger partial charge is 0.0195 e. The summed E-state index contributed by atoms with van der Waals surface area (Å²) in [7, 11) is 4.45. The zero-order chi connectivity index (χ0) is 12.8. The van der Waals surface area contributed by atoms with E-state index >= 15 is 0 Å². The highest BCUT2D eigenvalue weighted by Crippen LogP contribution is 2.07. The third-order valence-electron chi connectivity index (χ3n) is 4.30. The van der Waals surface area contributed by atoms with Crippen LogP contribution in [-0.2, 0) is 0 Å². The number of hydrogen-bond donors (Lipinski definition) is 1. The first-order chi connectivity index (χ1) is 8.74. The van der Waals surface area contributed by atoms with Gasteiger partial charge in [0.15, 0.2) is 0 Å². The molecule has 2 fully saturated rings. The highest BCUT2D eigenvalue weighted by molar-refractivity contribution is 4.76.